The van der Waals surface area contributed by atoms with E-state index in [2.05, 4.69) is 4.74 Å². The quantitative estimate of drug-likeness (QED) is 0.207. The molecule has 4 aliphatic rings. The number of hydrogen-bond acceptors (Lipinski definition) is 12. The molecule has 13 nitrogen and oxygen atoms in total. The van der Waals surface area contributed by atoms with Gasteiger partial charge in [-0.05, 0) is 39.0 Å². The average Bonchev–Trinajstić information content (AvgIpc) is 3.56. The van der Waals surface area contributed by atoms with Gasteiger partial charge >= 0.3 is 39.2 Å². The first-order valence-electron chi connectivity index (χ1n) is 12.1. The number of ether oxygens (including phenoxy) is 6. The van der Waals surface area contributed by atoms with Crippen LogP contribution in [0.1, 0.15) is 46.0 Å². The van der Waals surface area contributed by atoms with Crippen molar-refractivity contribution in [1.29, 1.82) is 0 Å². The Kier molecular flexibility index (Phi) is 7.73. The van der Waals surface area contributed by atoms with Gasteiger partial charge in [-0.25, -0.2) is 9.59 Å². The summed E-state index contributed by atoms with van der Waals surface area (Å²) in [6.07, 6.45) is -2.56. The molecule has 0 radical (unpaired) electrons. The molecule has 1 saturated carbocycles. The summed E-state index contributed by atoms with van der Waals surface area (Å²) >= 11 is 0. The molecule has 3 aliphatic heterocycles. The summed E-state index contributed by atoms with van der Waals surface area (Å²) in [7, 11) is -5.84. The Bertz CT molecular complexity index is 1090. The maximum atomic E-state index is 13.5. The van der Waals surface area contributed by atoms with Gasteiger partial charge in [0, 0.05) is 0 Å². The lowest BCUT2D eigenvalue weighted by molar-refractivity contribution is -0.176. The molecule has 7 unspecified atom stereocenters. The molecule has 3 saturated heterocycles. The SMILES string of the molecule is CCC1(OC(=O)C2C3OC4C(OC(=O)C42)C3OC(=O)COCC(=O)OC(C)C(F)(F)S(=O)(=O)O)CCCC1. The van der Waals surface area contributed by atoms with E-state index in [9.17, 15) is 36.4 Å². The standard InChI is InChI=1S/C22H28F2O13S/c1-3-21(6-4-5-7-21)37-20(28)14-13-15-18(36-19(13)27)17(16(14)35-15)34-12(26)9-32-8-11(25)33-10(2)22(23,24)38(29,30)31/h10,13-18H,3-9H2,1-2H3,(H,29,30,31). The van der Waals surface area contributed by atoms with E-state index in [4.69, 9.17) is 28.2 Å². The van der Waals surface area contributed by atoms with Crippen molar-refractivity contribution in [2.24, 2.45) is 11.8 Å². The fraction of sp³-hybridized carbons (Fsp3) is 0.818. The summed E-state index contributed by atoms with van der Waals surface area (Å²) in [5.41, 5.74) is -0.613. The van der Waals surface area contributed by atoms with Gasteiger partial charge in [-0.1, -0.05) is 6.92 Å². The largest absolute Gasteiger partial charge is 0.459 e. The Morgan fingerprint density at radius 2 is 1.76 bits per heavy atom. The maximum absolute atomic E-state index is 13.5. The minimum absolute atomic E-state index is 0.543. The van der Waals surface area contributed by atoms with Crippen LogP contribution in [0.3, 0.4) is 0 Å². The molecule has 4 fully saturated rings. The molecule has 38 heavy (non-hydrogen) atoms. The predicted octanol–water partition coefficient (Wildman–Crippen LogP) is 0.532. The summed E-state index contributed by atoms with van der Waals surface area (Å²) in [6, 6.07) is 0. The Balaban J connectivity index is 1.31. The molecule has 0 amide bonds. The number of rotatable bonds is 11. The van der Waals surface area contributed by atoms with E-state index in [0.29, 0.717) is 26.2 Å². The highest BCUT2D eigenvalue weighted by molar-refractivity contribution is 7.86. The zero-order valence-corrected chi connectivity index (χ0v) is 21.3. The monoisotopic (exact) mass is 570 g/mol. The molecule has 3 heterocycles. The fourth-order valence-electron chi connectivity index (χ4n) is 5.48. The molecule has 0 aromatic heterocycles. The Hall–Kier alpha value is -2.43. The van der Waals surface area contributed by atoms with Crippen molar-refractivity contribution < 1.29 is 69.4 Å². The molecular weight excluding hydrogens is 542 g/mol. The molecule has 7 atom stereocenters. The van der Waals surface area contributed by atoms with Crippen LogP contribution in [0.15, 0.2) is 0 Å². The van der Waals surface area contributed by atoms with Gasteiger partial charge in [0.1, 0.15) is 42.9 Å². The van der Waals surface area contributed by atoms with Crippen LogP contribution in [-0.4, -0.2) is 91.4 Å². The van der Waals surface area contributed by atoms with Crippen LogP contribution in [0.25, 0.3) is 0 Å². The van der Waals surface area contributed by atoms with E-state index in [1.807, 2.05) is 6.92 Å². The van der Waals surface area contributed by atoms with Crippen molar-refractivity contribution in [2.75, 3.05) is 13.2 Å². The first-order valence-corrected chi connectivity index (χ1v) is 13.5. The molecule has 4 rings (SSSR count). The minimum atomic E-state index is -5.84. The normalized spacial score (nSPS) is 32.1. The van der Waals surface area contributed by atoms with E-state index in [1.54, 1.807) is 0 Å². The Labute approximate surface area is 216 Å². The smallest absolute Gasteiger partial charge is 0.405 e. The lowest BCUT2D eigenvalue weighted by Crippen LogP contribution is -2.49. The van der Waals surface area contributed by atoms with Crippen molar-refractivity contribution in [3.05, 3.63) is 0 Å². The van der Waals surface area contributed by atoms with Crippen LogP contribution >= 0.6 is 0 Å². The maximum Gasteiger partial charge on any atom is 0.405 e. The van der Waals surface area contributed by atoms with Crippen LogP contribution in [0.5, 0.6) is 0 Å². The zero-order valence-electron chi connectivity index (χ0n) is 20.5. The van der Waals surface area contributed by atoms with Gasteiger partial charge in [0.2, 0.25) is 0 Å². The summed E-state index contributed by atoms with van der Waals surface area (Å²) in [6.45, 7) is 0.575. The van der Waals surface area contributed by atoms with Crippen molar-refractivity contribution in [1.82, 2.24) is 0 Å². The van der Waals surface area contributed by atoms with Gasteiger partial charge < -0.3 is 28.4 Å². The zero-order chi connectivity index (χ0) is 28.0. The van der Waals surface area contributed by atoms with Crippen LogP contribution in [0.4, 0.5) is 8.78 Å². The lowest BCUT2D eigenvalue weighted by Gasteiger charge is -2.32. The van der Waals surface area contributed by atoms with Crippen LogP contribution in [-0.2, 0) is 57.7 Å². The highest BCUT2D eigenvalue weighted by Crippen LogP contribution is 2.52. The van der Waals surface area contributed by atoms with Crippen LogP contribution < -0.4 is 0 Å². The highest BCUT2D eigenvalue weighted by atomic mass is 32.2. The number of hydrogen-bond donors (Lipinski definition) is 1. The first kappa shape index (κ1) is 28.6. The van der Waals surface area contributed by atoms with Gasteiger partial charge in [-0.2, -0.15) is 17.2 Å². The fourth-order valence-corrected chi connectivity index (χ4v) is 5.95. The molecule has 0 spiro atoms. The number of carbonyl (C=O) groups excluding carboxylic acids is 4. The molecule has 1 aliphatic carbocycles. The van der Waals surface area contributed by atoms with Gasteiger partial charge in [0.15, 0.2) is 18.3 Å². The predicted molar refractivity (Wildman–Crippen MR) is 116 cm³/mol. The van der Waals surface area contributed by atoms with Crippen molar-refractivity contribution in [2.45, 2.75) is 87.3 Å². The number of alkyl halides is 2. The van der Waals surface area contributed by atoms with E-state index in [-0.39, 0.29) is 0 Å². The summed E-state index contributed by atoms with van der Waals surface area (Å²) in [5.74, 6) is -5.67. The number of halogens is 2. The van der Waals surface area contributed by atoms with Crippen molar-refractivity contribution >= 4 is 34.0 Å². The summed E-state index contributed by atoms with van der Waals surface area (Å²) < 4.78 is 88.2. The third-order valence-corrected chi connectivity index (χ3v) is 8.51. The van der Waals surface area contributed by atoms with E-state index >= 15 is 0 Å². The second-order valence-electron chi connectivity index (χ2n) is 9.80. The molecule has 0 aromatic carbocycles. The van der Waals surface area contributed by atoms with Crippen LogP contribution in [0.2, 0.25) is 0 Å². The summed E-state index contributed by atoms with van der Waals surface area (Å²) in [4.78, 5) is 49.6. The number of esters is 4. The number of fused-ring (bicyclic) bond motifs is 1. The van der Waals surface area contributed by atoms with Crippen LogP contribution in [0, 0.1) is 11.8 Å². The topological polar surface area (TPSA) is 178 Å². The molecular formula is C22H28F2O13S. The Morgan fingerprint density at radius 1 is 1.13 bits per heavy atom. The van der Waals surface area contributed by atoms with Crippen molar-refractivity contribution in [3.63, 3.8) is 0 Å². The first-order chi connectivity index (χ1) is 17.7. The minimum Gasteiger partial charge on any atom is -0.459 e. The highest BCUT2D eigenvalue weighted by Gasteiger charge is 2.72. The van der Waals surface area contributed by atoms with Gasteiger partial charge in [-0.15, -0.1) is 0 Å². The lowest BCUT2D eigenvalue weighted by atomic mass is 9.78. The van der Waals surface area contributed by atoms with Gasteiger partial charge in [0.25, 0.3) is 0 Å². The molecule has 16 heteroatoms. The average molecular weight is 571 g/mol. The van der Waals surface area contributed by atoms with Gasteiger partial charge in [-0.3, -0.25) is 14.1 Å². The molecule has 214 valence electrons. The Morgan fingerprint density at radius 3 is 2.37 bits per heavy atom. The van der Waals surface area contributed by atoms with E-state index < -0.39 is 100 Å². The van der Waals surface area contributed by atoms with E-state index in [0.717, 1.165) is 12.8 Å². The molecule has 1 N–H and O–H groups in total. The number of carbonyl (C=O) groups is 4. The third kappa shape index (κ3) is 5.10. The second-order valence-corrected chi connectivity index (χ2v) is 11.3. The third-order valence-electron chi connectivity index (χ3n) is 7.49. The molecule has 2 bridgehead atoms. The van der Waals surface area contributed by atoms with Gasteiger partial charge in [0.05, 0.1) is 0 Å². The van der Waals surface area contributed by atoms with E-state index in [1.165, 1.54) is 0 Å². The van der Waals surface area contributed by atoms with Crippen molar-refractivity contribution in [3.8, 4) is 0 Å². The molecule has 0 aromatic rings. The second kappa shape index (κ2) is 10.3. The summed E-state index contributed by atoms with van der Waals surface area (Å²) in [5, 5.41) is -4.76.